The van der Waals surface area contributed by atoms with Crippen LogP contribution in [0.2, 0.25) is 0 Å². The van der Waals surface area contributed by atoms with Gasteiger partial charge in [-0.15, -0.1) is 0 Å². The van der Waals surface area contributed by atoms with Crippen LogP contribution in [0.25, 0.3) is 0 Å². The van der Waals surface area contributed by atoms with E-state index in [9.17, 15) is 0 Å². The van der Waals surface area contributed by atoms with E-state index in [1.807, 2.05) is 0 Å². The number of ether oxygens (including phenoxy) is 1. The van der Waals surface area contributed by atoms with Gasteiger partial charge in [0.15, 0.2) is 0 Å². The SMILES string of the molecule is CC1=NB=C(C2=CC3=C(CCCC=C3OCCCN3CCC(c4ccc(C)c(C)c4)CC3)C2)C1. The summed E-state index contributed by atoms with van der Waals surface area (Å²) in [5.74, 6) is 1.85. The maximum absolute atomic E-state index is 6.40. The molecule has 5 rings (SSSR count). The van der Waals surface area contributed by atoms with Gasteiger partial charge in [0.1, 0.15) is 0 Å². The molecule has 4 heteroatoms. The second kappa shape index (κ2) is 10.6. The summed E-state index contributed by atoms with van der Waals surface area (Å²) >= 11 is 0. The Kier molecular flexibility index (Phi) is 7.34. The summed E-state index contributed by atoms with van der Waals surface area (Å²) in [6, 6.07) is 7.05. The second-order valence-electron chi connectivity index (χ2n) is 10.7. The first-order valence-corrected chi connectivity index (χ1v) is 13.3. The van der Waals surface area contributed by atoms with E-state index in [4.69, 9.17) is 4.74 Å². The van der Waals surface area contributed by atoms with Crippen molar-refractivity contribution in [2.75, 3.05) is 26.2 Å². The molecule has 0 radical (unpaired) electrons. The molecule has 1 aromatic carbocycles. The van der Waals surface area contributed by atoms with E-state index < -0.39 is 0 Å². The number of hydrogen-bond donors (Lipinski definition) is 0. The molecule has 3 nitrogen and oxygen atoms in total. The van der Waals surface area contributed by atoms with Crippen LogP contribution in [0.5, 0.6) is 0 Å². The van der Waals surface area contributed by atoms with Gasteiger partial charge in [0, 0.05) is 0 Å². The van der Waals surface area contributed by atoms with Crippen LogP contribution in [-0.2, 0) is 4.74 Å². The van der Waals surface area contributed by atoms with Gasteiger partial charge in [0.05, 0.1) is 0 Å². The van der Waals surface area contributed by atoms with Gasteiger partial charge in [0.25, 0.3) is 0 Å². The number of hydrogen-bond acceptors (Lipinski definition) is 3. The van der Waals surface area contributed by atoms with Gasteiger partial charge in [0.2, 0.25) is 0 Å². The first-order valence-electron chi connectivity index (χ1n) is 13.3. The van der Waals surface area contributed by atoms with Crippen LogP contribution in [0.15, 0.2) is 57.7 Å². The minimum atomic E-state index is 0.723. The Bertz CT molecular complexity index is 1080. The van der Waals surface area contributed by atoms with Crippen LogP contribution in [0, 0.1) is 13.8 Å². The first kappa shape index (κ1) is 23.5. The van der Waals surface area contributed by atoms with Crippen LogP contribution in [0.1, 0.15) is 80.9 Å². The molecule has 0 aromatic heterocycles. The number of likely N-dealkylation sites (tertiary alicyclic amines) is 1. The van der Waals surface area contributed by atoms with Crippen molar-refractivity contribution in [1.82, 2.24) is 4.90 Å². The Balaban J connectivity index is 1.09. The van der Waals surface area contributed by atoms with E-state index in [0.717, 1.165) is 50.5 Å². The summed E-state index contributed by atoms with van der Waals surface area (Å²) in [7, 11) is 2.07. The summed E-state index contributed by atoms with van der Waals surface area (Å²) in [5, 5.41) is 0. The van der Waals surface area contributed by atoms with Gasteiger partial charge in [-0.3, -0.25) is 0 Å². The number of aryl methyl sites for hydroxylation is 2. The first-order chi connectivity index (χ1) is 16.6. The fraction of sp³-hybridized carbons (Fsp3) is 0.533. The summed E-state index contributed by atoms with van der Waals surface area (Å²) in [6.45, 7) is 10.9. The molecule has 1 fully saturated rings. The molecular formula is C30H39BN2O. The Hall–Kier alpha value is -2.20. The Morgan fingerprint density at radius 2 is 1.94 bits per heavy atom. The van der Waals surface area contributed by atoms with E-state index in [2.05, 4.69) is 68.0 Å². The molecule has 2 aliphatic carbocycles. The number of rotatable bonds is 7. The maximum atomic E-state index is 6.40. The molecule has 0 unspecified atom stereocenters. The van der Waals surface area contributed by atoms with Crippen LogP contribution >= 0.6 is 0 Å². The van der Waals surface area contributed by atoms with Crippen LogP contribution in [0.4, 0.5) is 0 Å². The molecule has 1 saturated heterocycles. The van der Waals surface area contributed by atoms with E-state index in [-0.39, 0.29) is 0 Å². The van der Waals surface area contributed by atoms with Gasteiger partial charge in [-0.25, -0.2) is 0 Å². The average Bonchev–Trinajstić information content (AvgIpc) is 3.42. The Morgan fingerprint density at radius 1 is 1.09 bits per heavy atom. The monoisotopic (exact) mass is 454 g/mol. The third-order valence-corrected chi connectivity index (χ3v) is 8.15. The number of benzene rings is 1. The van der Waals surface area contributed by atoms with Crippen molar-refractivity contribution in [1.29, 1.82) is 0 Å². The molecule has 34 heavy (non-hydrogen) atoms. The number of allylic oxidation sites excluding steroid dienone is 4. The molecule has 2 aliphatic heterocycles. The number of nitrogens with zero attached hydrogens (tertiary/aromatic N) is 2. The van der Waals surface area contributed by atoms with E-state index in [0.29, 0.717) is 0 Å². The van der Waals surface area contributed by atoms with Crippen molar-refractivity contribution in [2.45, 2.75) is 78.1 Å². The summed E-state index contributed by atoms with van der Waals surface area (Å²) in [5.41, 5.74) is 11.4. The third-order valence-electron chi connectivity index (χ3n) is 8.15. The summed E-state index contributed by atoms with van der Waals surface area (Å²) in [6.07, 6.45) is 14.0. The predicted molar refractivity (Wildman–Crippen MR) is 145 cm³/mol. The molecule has 2 heterocycles. The van der Waals surface area contributed by atoms with Crippen molar-refractivity contribution in [3.05, 3.63) is 69.5 Å². The van der Waals surface area contributed by atoms with Crippen molar-refractivity contribution >= 4 is 18.2 Å². The minimum absolute atomic E-state index is 0.723. The van der Waals surface area contributed by atoms with Crippen molar-refractivity contribution in [3.63, 3.8) is 0 Å². The average molecular weight is 454 g/mol. The van der Waals surface area contributed by atoms with Crippen molar-refractivity contribution in [2.24, 2.45) is 4.90 Å². The van der Waals surface area contributed by atoms with E-state index >= 15 is 0 Å². The van der Waals surface area contributed by atoms with Gasteiger partial charge >= 0.3 is 152 Å². The molecule has 0 atom stereocenters. The zero-order valence-corrected chi connectivity index (χ0v) is 21.3. The molecule has 0 amide bonds. The Labute approximate surface area is 206 Å². The summed E-state index contributed by atoms with van der Waals surface area (Å²) in [4.78, 5) is 7.13. The molecule has 0 bridgehead atoms. The van der Waals surface area contributed by atoms with E-state index in [1.165, 1.54) is 77.8 Å². The van der Waals surface area contributed by atoms with Gasteiger partial charge in [-0.05, 0) is 36.5 Å². The molecule has 0 spiro atoms. The normalized spacial score (nSPS) is 21.4. The zero-order valence-electron chi connectivity index (χ0n) is 21.3. The summed E-state index contributed by atoms with van der Waals surface area (Å²) < 4.78 is 6.40. The topological polar surface area (TPSA) is 24.8 Å². The molecular weight excluding hydrogens is 415 g/mol. The standard InChI is InChI=1S/C30H39BN2O/c1-21-9-10-25(17-22(21)2)24-11-14-33(15-12-24)13-6-16-34-30-8-5-4-7-26-19-27(20-28(26)30)29-18-23(3)32-31-29/h8-10,17,20,24H,4-7,11-16,18-19H2,1-3H3. The predicted octanol–water partition coefficient (Wildman–Crippen LogP) is 6.24. The number of piperidine rings is 1. The fourth-order valence-corrected chi connectivity index (χ4v) is 5.85. The molecule has 0 N–H and O–H groups in total. The third kappa shape index (κ3) is 5.38. The molecule has 178 valence electrons. The van der Waals surface area contributed by atoms with Gasteiger partial charge < -0.3 is 0 Å². The molecule has 0 saturated carbocycles. The second-order valence-corrected chi connectivity index (χ2v) is 10.7. The molecule has 1 aromatic rings. The van der Waals surface area contributed by atoms with Gasteiger partial charge in [-0.1, -0.05) is 18.2 Å². The van der Waals surface area contributed by atoms with Gasteiger partial charge in [-0.2, -0.15) is 0 Å². The van der Waals surface area contributed by atoms with Crippen molar-refractivity contribution in [3.8, 4) is 0 Å². The molecule has 4 aliphatic rings. The van der Waals surface area contributed by atoms with Crippen LogP contribution < -0.4 is 0 Å². The van der Waals surface area contributed by atoms with Crippen LogP contribution in [-0.4, -0.2) is 49.4 Å². The quantitative estimate of drug-likeness (QED) is 0.360. The zero-order chi connectivity index (χ0) is 23.5. The van der Waals surface area contributed by atoms with Crippen LogP contribution in [0.3, 0.4) is 0 Å². The van der Waals surface area contributed by atoms with Crippen molar-refractivity contribution < 1.29 is 4.74 Å². The Morgan fingerprint density at radius 3 is 2.71 bits per heavy atom. The van der Waals surface area contributed by atoms with E-state index in [1.54, 1.807) is 5.57 Å². The fourth-order valence-electron chi connectivity index (χ4n) is 5.85.